The maximum Gasteiger partial charge on any atom is 0.136 e. The van der Waals surface area contributed by atoms with E-state index in [1.54, 1.807) is 0 Å². The third kappa shape index (κ3) is 3.28. The molecule has 0 amide bonds. The highest BCUT2D eigenvalue weighted by atomic mass is 16.3. The summed E-state index contributed by atoms with van der Waals surface area (Å²) in [5.41, 5.74) is 11.2. The quantitative estimate of drug-likeness (QED) is 0.265. The average Bonchev–Trinajstić information content (AvgIpc) is 3.55. The lowest BCUT2D eigenvalue weighted by molar-refractivity contribution is 0.669. The Morgan fingerprint density at radius 2 is 1.08 bits per heavy atom. The number of aromatic amines is 1. The number of aromatic nitrogens is 1. The maximum atomic E-state index is 6.23. The van der Waals surface area contributed by atoms with E-state index in [9.17, 15) is 0 Å². The standard InChI is InChI=1S/C36H23NO/c1-2-9-23(10-3-1)25-19-26(24-17-18-31-30-12-5-7-16-34(30)38-35(31)22-24)21-27(20-25)28-13-8-14-32-29-11-4-6-15-33(29)37-36(28)32/h1-22,37H. The van der Waals surface area contributed by atoms with Crippen LogP contribution in [0.1, 0.15) is 0 Å². The van der Waals surface area contributed by atoms with Crippen molar-refractivity contribution in [1.82, 2.24) is 4.98 Å². The molecule has 8 aromatic rings. The van der Waals surface area contributed by atoms with Crippen LogP contribution in [0.4, 0.5) is 0 Å². The van der Waals surface area contributed by atoms with E-state index in [2.05, 4.69) is 126 Å². The zero-order valence-corrected chi connectivity index (χ0v) is 20.6. The number of fused-ring (bicyclic) bond motifs is 6. The van der Waals surface area contributed by atoms with Crippen molar-refractivity contribution in [2.45, 2.75) is 0 Å². The van der Waals surface area contributed by atoms with Crippen LogP contribution in [0.25, 0.3) is 77.1 Å². The molecule has 178 valence electrons. The highest BCUT2D eigenvalue weighted by Gasteiger charge is 2.14. The number of nitrogens with one attached hydrogen (secondary N) is 1. The zero-order chi connectivity index (χ0) is 25.1. The highest BCUT2D eigenvalue weighted by Crippen LogP contribution is 2.39. The number of furan rings is 1. The second-order valence-corrected chi connectivity index (χ2v) is 9.87. The van der Waals surface area contributed by atoms with Crippen molar-refractivity contribution in [2.24, 2.45) is 0 Å². The summed E-state index contributed by atoms with van der Waals surface area (Å²) < 4.78 is 6.23. The van der Waals surface area contributed by atoms with Gasteiger partial charge in [0.2, 0.25) is 0 Å². The van der Waals surface area contributed by atoms with Crippen molar-refractivity contribution in [3.63, 3.8) is 0 Å². The molecule has 8 rings (SSSR count). The largest absolute Gasteiger partial charge is 0.456 e. The van der Waals surface area contributed by atoms with Crippen LogP contribution < -0.4 is 0 Å². The third-order valence-corrected chi connectivity index (χ3v) is 7.60. The molecule has 1 N–H and O–H groups in total. The van der Waals surface area contributed by atoms with Gasteiger partial charge < -0.3 is 9.40 Å². The molecule has 0 aliphatic rings. The van der Waals surface area contributed by atoms with Crippen LogP contribution in [-0.2, 0) is 0 Å². The predicted molar refractivity (Wildman–Crippen MR) is 159 cm³/mol. The van der Waals surface area contributed by atoms with E-state index in [1.165, 1.54) is 33.0 Å². The fourth-order valence-electron chi connectivity index (χ4n) is 5.77. The molecule has 0 spiro atoms. The van der Waals surface area contributed by atoms with Gasteiger partial charge in [0.15, 0.2) is 0 Å². The minimum absolute atomic E-state index is 0.910. The number of rotatable bonds is 3. The van der Waals surface area contributed by atoms with Gasteiger partial charge in [0.1, 0.15) is 11.2 Å². The Balaban J connectivity index is 1.37. The second kappa shape index (κ2) is 8.22. The molecule has 2 nitrogen and oxygen atoms in total. The van der Waals surface area contributed by atoms with Crippen LogP contribution in [0, 0.1) is 0 Å². The van der Waals surface area contributed by atoms with E-state index >= 15 is 0 Å². The van der Waals surface area contributed by atoms with E-state index in [0.29, 0.717) is 0 Å². The fourth-order valence-corrected chi connectivity index (χ4v) is 5.77. The summed E-state index contributed by atoms with van der Waals surface area (Å²) in [7, 11) is 0. The van der Waals surface area contributed by atoms with Crippen molar-refractivity contribution in [1.29, 1.82) is 0 Å². The number of hydrogen-bond acceptors (Lipinski definition) is 1. The molecular formula is C36H23NO. The first-order valence-electron chi connectivity index (χ1n) is 12.9. The molecule has 0 atom stereocenters. The van der Waals surface area contributed by atoms with Gasteiger partial charge in [0.05, 0.1) is 5.52 Å². The Bertz CT molecular complexity index is 2130. The van der Waals surface area contributed by atoms with Crippen LogP contribution in [0.5, 0.6) is 0 Å². The molecule has 2 heteroatoms. The summed E-state index contributed by atoms with van der Waals surface area (Å²) in [5, 5.41) is 4.79. The first-order valence-corrected chi connectivity index (χ1v) is 12.9. The van der Waals surface area contributed by atoms with E-state index in [4.69, 9.17) is 4.42 Å². The van der Waals surface area contributed by atoms with Gasteiger partial charge in [-0.3, -0.25) is 0 Å². The van der Waals surface area contributed by atoms with Crippen LogP contribution in [0.15, 0.2) is 138 Å². The van der Waals surface area contributed by atoms with Crippen molar-refractivity contribution in [3.05, 3.63) is 133 Å². The molecule has 6 aromatic carbocycles. The predicted octanol–water partition coefficient (Wildman–Crippen LogP) is 10.2. The van der Waals surface area contributed by atoms with Crippen molar-refractivity contribution in [3.8, 4) is 33.4 Å². The van der Waals surface area contributed by atoms with Gasteiger partial charge in [-0.2, -0.15) is 0 Å². The van der Waals surface area contributed by atoms with Crippen LogP contribution in [0.2, 0.25) is 0 Å². The van der Waals surface area contributed by atoms with Gasteiger partial charge in [0.25, 0.3) is 0 Å². The molecule has 0 unspecified atom stereocenters. The molecular weight excluding hydrogens is 462 g/mol. The van der Waals surface area contributed by atoms with Gasteiger partial charge >= 0.3 is 0 Å². The van der Waals surface area contributed by atoms with Crippen molar-refractivity contribution < 1.29 is 4.42 Å². The number of benzene rings is 6. The van der Waals surface area contributed by atoms with Crippen molar-refractivity contribution >= 4 is 43.7 Å². The first-order chi connectivity index (χ1) is 18.8. The molecule has 2 heterocycles. The third-order valence-electron chi connectivity index (χ3n) is 7.60. The zero-order valence-electron chi connectivity index (χ0n) is 20.6. The summed E-state index contributed by atoms with van der Waals surface area (Å²) in [4.78, 5) is 3.69. The molecule has 0 bridgehead atoms. The lowest BCUT2D eigenvalue weighted by Gasteiger charge is -2.12. The van der Waals surface area contributed by atoms with Crippen LogP contribution in [-0.4, -0.2) is 4.98 Å². The summed E-state index contributed by atoms with van der Waals surface area (Å²) in [6, 6.07) is 47.4. The Kier molecular flexibility index (Phi) is 4.55. The Hall–Kier alpha value is -5.08. The maximum absolute atomic E-state index is 6.23. The molecule has 0 saturated carbocycles. The van der Waals surface area contributed by atoms with Gasteiger partial charge in [-0.25, -0.2) is 0 Å². The Morgan fingerprint density at radius 1 is 0.395 bits per heavy atom. The van der Waals surface area contributed by atoms with Gasteiger partial charge in [-0.05, 0) is 70.3 Å². The first kappa shape index (κ1) is 21.0. The molecule has 0 radical (unpaired) electrons. The van der Waals surface area contributed by atoms with Gasteiger partial charge in [-0.1, -0.05) is 91.0 Å². The normalized spacial score (nSPS) is 11.7. The van der Waals surface area contributed by atoms with Gasteiger partial charge in [0, 0.05) is 32.6 Å². The average molecular weight is 486 g/mol. The second-order valence-electron chi connectivity index (χ2n) is 9.87. The minimum atomic E-state index is 0.910. The summed E-state index contributed by atoms with van der Waals surface area (Å²) in [6.07, 6.45) is 0. The van der Waals surface area contributed by atoms with E-state index < -0.39 is 0 Å². The SMILES string of the molecule is c1ccc(-c2cc(-c3ccc4c(c3)oc3ccccc34)cc(-c3cccc4c3[nH]c3ccccc34)c2)cc1. The molecule has 0 aliphatic carbocycles. The molecule has 0 fully saturated rings. The fraction of sp³-hybridized carbons (Fsp3) is 0. The Labute approximate surface area is 219 Å². The molecule has 0 saturated heterocycles. The lowest BCUT2D eigenvalue weighted by atomic mass is 9.92. The lowest BCUT2D eigenvalue weighted by Crippen LogP contribution is -1.87. The van der Waals surface area contributed by atoms with Crippen LogP contribution >= 0.6 is 0 Å². The summed E-state index contributed by atoms with van der Waals surface area (Å²) >= 11 is 0. The summed E-state index contributed by atoms with van der Waals surface area (Å²) in [5.74, 6) is 0. The molecule has 2 aromatic heterocycles. The smallest absolute Gasteiger partial charge is 0.136 e. The number of H-pyrrole nitrogens is 1. The van der Waals surface area contributed by atoms with E-state index in [0.717, 1.165) is 44.1 Å². The van der Waals surface area contributed by atoms with Crippen molar-refractivity contribution in [2.75, 3.05) is 0 Å². The number of hydrogen-bond donors (Lipinski definition) is 1. The van der Waals surface area contributed by atoms with E-state index in [1.807, 2.05) is 12.1 Å². The van der Waals surface area contributed by atoms with E-state index in [-0.39, 0.29) is 0 Å². The molecule has 0 aliphatic heterocycles. The number of para-hydroxylation sites is 3. The monoisotopic (exact) mass is 485 g/mol. The summed E-state index contributed by atoms with van der Waals surface area (Å²) in [6.45, 7) is 0. The minimum Gasteiger partial charge on any atom is -0.456 e. The molecule has 38 heavy (non-hydrogen) atoms. The van der Waals surface area contributed by atoms with Crippen LogP contribution in [0.3, 0.4) is 0 Å². The Morgan fingerprint density at radius 3 is 1.97 bits per heavy atom. The van der Waals surface area contributed by atoms with Gasteiger partial charge in [-0.15, -0.1) is 0 Å². The topological polar surface area (TPSA) is 28.9 Å². The highest BCUT2D eigenvalue weighted by molar-refractivity contribution is 6.12.